The summed E-state index contributed by atoms with van der Waals surface area (Å²) < 4.78 is 24.1. The van der Waals surface area contributed by atoms with Crippen LogP contribution < -0.4 is 25.1 Å². The van der Waals surface area contributed by atoms with Gasteiger partial charge in [0.15, 0.2) is 11.6 Å². The van der Waals surface area contributed by atoms with Gasteiger partial charge in [-0.3, -0.25) is 10.2 Å². The number of rotatable bonds is 15. The molecule has 1 amide bonds. The Morgan fingerprint density at radius 2 is 1.67 bits per heavy atom. The van der Waals surface area contributed by atoms with Crippen molar-refractivity contribution in [3.05, 3.63) is 124 Å². The number of hydrazine groups is 1. The van der Waals surface area contributed by atoms with Gasteiger partial charge in [-0.15, -0.1) is 0 Å². The highest BCUT2D eigenvalue weighted by atomic mass is 79.9. The number of nitrogens with zero attached hydrogens (tertiary/aromatic N) is 1. The number of aliphatic hydroxyl groups is 1. The molecular weight excluding hydrogens is 650 g/mol. The van der Waals surface area contributed by atoms with Crippen LogP contribution in [0.3, 0.4) is 0 Å². The summed E-state index contributed by atoms with van der Waals surface area (Å²) in [5.41, 5.74) is 8.12. The highest BCUT2D eigenvalue weighted by Gasteiger charge is 2.53. The van der Waals surface area contributed by atoms with Crippen molar-refractivity contribution in [1.29, 1.82) is 0 Å². The van der Waals surface area contributed by atoms with E-state index in [0.717, 1.165) is 26.9 Å². The minimum absolute atomic E-state index is 0.0614. The Bertz CT molecular complexity index is 1650. The fraction of sp³-hybridized carbons (Fsp3) is 0.278. The third kappa shape index (κ3) is 7.88. The summed E-state index contributed by atoms with van der Waals surface area (Å²) in [4.78, 5) is 19.5. The smallest absolute Gasteiger partial charge is 0.266 e. The number of carbonyl (C=O) groups is 1. The summed E-state index contributed by atoms with van der Waals surface area (Å²) in [6.07, 6.45) is 0.697. The zero-order valence-electron chi connectivity index (χ0n) is 25.9. The Kier molecular flexibility index (Phi) is 11.3. The molecule has 0 radical (unpaired) electrons. The number of nitrogens with one attached hydrogen (secondary N) is 2. The molecule has 0 aliphatic carbocycles. The van der Waals surface area contributed by atoms with Crippen molar-refractivity contribution in [3.63, 3.8) is 0 Å². The molecule has 0 saturated heterocycles. The van der Waals surface area contributed by atoms with E-state index in [1.165, 1.54) is 0 Å². The zero-order valence-corrected chi connectivity index (χ0v) is 27.5. The van der Waals surface area contributed by atoms with Crippen LogP contribution in [0.5, 0.6) is 17.2 Å². The predicted octanol–water partition coefficient (Wildman–Crippen LogP) is 5.59. The lowest BCUT2D eigenvalue weighted by molar-refractivity contribution is -0.130. The molecule has 0 fully saturated rings. The van der Waals surface area contributed by atoms with Crippen LogP contribution in [0.25, 0.3) is 0 Å². The van der Waals surface area contributed by atoms with E-state index in [9.17, 15) is 4.79 Å². The first kappa shape index (κ1) is 33.0. The molecule has 10 heteroatoms. The standard InChI is InChI=1S/C36H38BrN3O6/c1-43-30-11-5-8-25(22-30)18-19-38-40-35(42)36(24-28-9-3-4-13-32(28)37)33(27-10-6-12-31(23-27)44-2)46-34(39-36)26-14-16-29(17-15-26)45-21-7-20-41/h3-6,8-17,22-23,33,38,41H,7,18-21,24H2,1-2H3,(H,40,42)/t33-,36-/m0/s1. The predicted molar refractivity (Wildman–Crippen MR) is 180 cm³/mol. The van der Waals surface area contributed by atoms with Crippen LogP contribution in [0.4, 0.5) is 0 Å². The number of ether oxygens (including phenoxy) is 4. The number of hydrogen-bond acceptors (Lipinski definition) is 8. The average Bonchev–Trinajstić information content (AvgIpc) is 3.48. The van der Waals surface area contributed by atoms with Crippen molar-refractivity contribution in [2.24, 2.45) is 4.99 Å². The van der Waals surface area contributed by atoms with Gasteiger partial charge in [-0.25, -0.2) is 10.4 Å². The monoisotopic (exact) mass is 687 g/mol. The number of halogens is 1. The Labute approximate surface area is 277 Å². The maximum Gasteiger partial charge on any atom is 0.266 e. The van der Waals surface area contributed by atoms with Crippen molar-refractivity contribution in [2.45, 2.75) is 30.9 Å². The minimum atomic E-state index is -1.38. The van der Waals surface area contributed by atoms with E-state index in [1.807, 2.05) is 97.1 Å². The first-order chi connectivity index (χ1) is 22.5. The largest absolute Gasteiger partial charge is 0.497 e. The second-order valence-corrected chi connectivity index (χ2v) is 11.7. The second-order valence-electron chi connectivity index (χ2n) is 10.8. The van der Waals surface area contributed by atoms with Crippen molar-refractivity contribution >= 4 is 27.7 Å². The van der Waals surface area contributed by atoms with Crippen molar-refractivity contribution in [3.8, 4) is 17.2 Å². The van der Waals surface area contributed by atoms with Crippen molar-refractivity contribution in [2.75, 3.05) is 34.0 Å². The van der Waals surface area contributed by atoms with E-state index in [0.29, 0.717) is 49.0 Å². The average molecular weight is 689 g/mol. The molecule has 9 nitrogen and oxygen atoms in total. The van der Waals surface area contributed by atoms with Gasteiger partial charge in [-0.2, -0.15) is 0 Å². The quantitative estimate of drug-likeness (QED) is 0.110. The summed E-state index contributed by atoms with van der Waals surface area (Å²) in [7, 11) is 3.24. The Balaban J connectivity index is 1.49. The second kappa shape index (κ2) is 15.8. The summed E-state index contributed by atoms with van der Waals surface area (Å²) in [5.74, 6) is 2.10. The van der Waals surface area contributed by atoms with Gasteiger partial charge in [-0.05, 0) is 77.7 Å². The number of methoxy groups -OCH3 is 2. The molecule has 46 heavy (non-hydrogen) atoms. The first-order valence-corrected chi connectivity index (χ1v) is 15.9. The SMILES string of the molecule is COc1cccc(CCNNC(=O)[C@@]2(Cc3ccccc3Br)N=C(c3ccc(OCCCO)cc3)O[C@H]2c2cccc(OC)c2)c1. The normalized spacial score (nSPS) is 17.1. The lowest BCUT2D eigenvalue weighted by Crippen LogP contribution is -2.54. The molecule has 0 spiro atoms. The molecule has 0 saturated carbocycles. The topological polar surface area (TPSA) is 111 Å². The van der Waals surface area contributed by atoms with Crippen LogP contribution in [-0.4, -0.2) is 56.4 Å². The van der Waals surface area contributed by atoms with Gasteiger partial charge in [0.25, 0.3) is 5.91 Å². The number of hydrogen-bond donors (Lipinski definition) is 3. The Morgan fingerprint density at radius 3 is 2.41 bits per heavy atom. The van der Waals surface area contributed by atoms with E-state index in [2.05, 4.69) is 26.8 Å². The fourth-order valence-electron chi connectivity index (χ4n) is 5.30. The lowest BCUT2D eigenvalue weighted by atomic mass is 9.82. The lowest BCUT2D eigenvalue weighted by Gasteiger charge is -2.31. The summed E-state index contributed by atoms with van der Waals surface area (Å²) in [6.45, 7) is 0.959. The maximum absolute atomic E-state index is 14.4. The highest BCUT2D eigenvalue weighted by molar-refractivity contribution is 9.10. The first-order valence-electron chi connectivity index (χ1n) is 15.1. The summed E-state index contributed by atoms with van der Waals surface area (Å²) in [5, 5.41) is 9.08. The number of carbonyl (C=O) groups excluding carboxylic acids is 1. The molecular formula is C36H38BrN3O6. The molecule has 1 aliphatic rings. The van der Waals surface area contributed by atoms with E-state index in [-0.39, 0.29) is 18.9 Å². The van der Waals surface area contributed by atoms with Gasteiger partial charge in [0.05, 0.1) is 20.8 Å². The highest BCUT2D eigenvalue weighted by Crippen LogP contribution is 2.44. The fourth-order valence-corrected chi connectivity index (χ4v) is 5.73. The van der Waals surface area contributed by atoms with E-state index < -0.39 is 11.6 Å². The molecule has 2 atom stereocenters. The Hall–Kier alpha value is -4.38. The number of aliphatic hydroxyl groups excluding tert-OH is 1. The molecule has 240 valence electrons. The van der Waals surface area contributed by atoms with Gasteiger partial charge in [0.2, 0.25) is 5.90 Å². The van der Waals surface area contributed by atoms with Gasteiger partial charge in [0, 0.05) is 36.0 Å². The van der Waals surface area contributed by atoms with Crippen LogP contribution in [-0.2, 0) is 22.4 Å². The van der Waals surface area contributed by atoms with Crippen LogP contribution in [0.2, 0.25) is 0 Å². The number of amides is 1. The van der Waals surface area contributed by atoms with Gasteiger partial charge >= 0.3 is 0 Å². The van der Waals surface area contributed by atoms with Crippen molar-refractivity contribution < 1.29 is 28.8 Å². The molecule has 4 aromatic rings. The minimum Gasteiger partial charge on any atom is -0.497 e. The maximum atomic E-state index is 14.4. The van der Waals surface area contributed by atoms with E-state index in [1.54, 1.807) is 14.2 Å². The van der Waals surface area contributed by atoms with Crippen molar-refractivity contribution in [1.82, 2.24) is 10.9 Å². The summed E-state index contributed by atoms with van der Waals surface area (Å²) >= 11 is 3.67. The van der Waals surface area contributed by atoms with E-state index in [4.69, 9.17) is 29.0 Å². The third-order valence-corrected chi connectivity index (χ3v) is 8.49. The number of benzene rings is 4. The van der Waals surface area contributed by atoms with Crippen LogP contribution in [0, 0.1) is 0 Å². The van der Waals surface area contributed by atoms with Crippen LogP contribution in [0.15, 0.2) is 107 Å². The number of aliphatic imine (C=N–C) groups is 1. The van der Waals surface area contributed by atoms with Gasteiger partial charge in [-0.1, -0.05) is 58.4 Å². The molecule has 1 aliphatic heterocycles. The molecule has 1 heterocycles. The van der Waals surface area contributed by atoms with Crippen LogP contribution >= 0.6 is 15.9 Å². The molecule has 0 aromatic heterocycles. The molecule has 0 unspecified atom stereocenters. The Morgan fingerprint density at radius 1 is 0.935 bits per heavy atom. The molecule has 4 aromatic carbocycles. The summed E-state index contributed by atoms with van der Waals surface area (Å²) in [6, 6.07) is 30.5. The van der Waals surface area contributed by atoms with Gasteiger partial charge < -0.3 is 24.1 Å². The third-order valence-electron chi connectivity index (χ3n) is 7.72. The van der Waals surface area contributed by atoms with Gasteiger partial charge in [0.1, 0.15) is 17.2 Å². The molecule has 0 bridgehead atoms. The molecule has 3 N–H and O–H groups in total. The molecule has 5 rings (SSSR count). The zero-order chi connectivity index (χ0) is 32.4. The van der Waals surface area contributed by atoms with E-state index >= 15 is 0 Å². The van der Waals surface area contributed by atoms with Crippen LogP contribution in [0.1, 0.15) is 34.8 Å².